The number of benzene rings is 1. The number of aromatic nitrogens is 3. The number of likely N-dealkylation sites (N-methyl/N-ethyl adjacent to an activating group) is 1. The van der Waals surface area contributed by atoms with Crippen molar-refractivity contribution in [3.05, 3.63) is 64.3 Å². The number of halogens is 3. The van der Waals surface area contributed by atoms with Gasteiger partial charge in [0.1, 0.15) is 11.5 Å². The summed E-state index contributed by atoms with van der Waals surface area (Å²) in [5.41, 5.74) is 0.177. The number of nitrogens with one attached hydrogen (secondary N) is 1. The lowest BCUT2D eigenvalue weighted by atomic mass is 10.0. The zero-order valence-electron chi connectivity index (χ0n) is 20.3. The average Bonchev–Trinajstić information content (AvgIpc) is 3.25. The van der Waals surface area contributed by atoms with Gasteiger partial charge in [-0.25, -0.2) is 27.2 Å². The topological polar surface area (TPSA) is 106 Å². The van der Waals surface area contributed by atoms with E-state index in [4.69, 9.17) is 16.3 Å². The second kappa shape index (κ2) is 10.9. The molecule has 0 fully saturated rings. The fourth-order valence-corrected chi connectivity index (χ4v) is 5.34. The Kier molecular flexibility index (Phi) is 8.32. The predicted octanol–water partition coefficient (Wildman–Crippen LogP) is 4.43. The highest BCUT2D eigenvalue weighted by atomic mass is 35.5. The van der Waals surface area contributed by atoms with Crippen LogP contribution >= 0.6 is 11.6 Å². The summed E-state index contributed by atoms with van der Waals surface area (Å²) < 4.78 is 65.1. The second-order valence-corrected chi connectivity index (χ2v) is 9.86. The van der Waals surface area contributed by atoms with Crippen LogP contribution in [-0.4, -0.2) is 47.8 Å². The van der Waals surface area contributed by atoms with Crippen molar-refractivity contribution in [2.45, 2.75) is 44.8 Å². The average molecular weight is 542 g/mol. The summed E-state index contributed by atoms with van der Waals surface area (Å²) in [6, 6.07) is 2.31. The molecule has 3 aromatic rings. The number of methoxy groups -OCH3 is 1. The molecule has 0 radical (unpaired) electrons. The number of sulfonamides is 1. The first-order valence-corrected chi connectivity index (χ1v) is 12.8. The number of ketones is 1. The van der Waals surface area contributed by atoms with Crippen molar-refractivity contribution in [1.82, 2.24) is 19.4 Å². The maximum atomic E-state index is 15.6. The zero-order chi connectivity index (χ0) is 26.8. The Labute approximate surface area is 213 Å². The summed E-state index contributed by atoms with van der Waals surface area (Å²) >= 11 is 5.87. The molecule has 13 heteroatoms. The first-order valence-electron chi connectivity index (χ1n) is 11.0. The zero-order valence-corrected chi connectivity index (χ0v) is 21.9. The maximum Gasteiger partial charge on any atom is 0.267 e. The van der Waals surface area contributed by atoms with Crippen LogP contribution in [0.5, 0.6) is 5.88 Å². The van der Waals surface area contributed by atoms with Crippen LogP contribution in [0.2, 0.25) is 5.02 Å². The number of ether oxygens (including phenoxy) is 1. The number of rotatable bonds is 6. The number of carbonyl (C=O) groups is 1. The van der Waals surface area contributed by atoms with Gasteiger partial charge in [-0.1, -0.05) is 25.4 Å². The molecule has 1 aliphatic heterocycles. The van der Waals surface area contributed by atoms with Crippen LogP contribution in [0.1, 0.15) is 48.6 Å². The third-order valence-corrected chi connectivity index (χ3v) is 7.12. The molecule has 1 aromatic carbocycles. The summed E-state index contributed by atoms with van der Waals surface area (Å²) in [7, 11) is -1.50. The number of hydrogen-bond donors (Lipinski definition) is 1. The highest BCUT2D eigenvalue weighted by molar-refractivity contribution is 7.92. The first-order chi connectivity index (χ1) is 17.0. The standard InChI is InChI=1S/C21H20ClF2N5O4S.C2H6/c1-11(30)20-16-8-28(2)15(9-29(16)10-26-20)18-13(23)4-5-14(19(18)24)27-34(31,32)17-6-12(22)7-25-21(17)33-3;1-2/h4-7,10,15,27H,8-9H2,1-3H3;1-2H3/t15-;/m1./s1. The number of anilines is 1. The van der Waals surface area contributed by atoms with E-state index in [2.05, 4.69) is 14.7 Å². The molecular formula is C23H26ClF2N5O4S. The third-order valence-electron chi connectivity index (χ3n) is 5.55. The van der Waals surface area contributed by atoms with Gasteiger partial charge in [-0.05, 0) is 25.2 Å². The Morgan fingerprint density at radius 1 is 1.25 bits per heavy atom. The molecular weight excluding hydrogens is 516 g/mol. The fraction of sp³-hybridized carbons (Fsp3) is 0.348. The van der Waals surface area contributed by atoms with Gasteiger partial charge in [0.2, 0.25) is 5.88 Å². The Hall–Kier alpha value is -3.09. The molecule has 3 heterocycles. The minimum absolute atomic E-state index is 0.0336. The van der Waals surface area contributed by atoms with Gasteiger partial charge in [0.25, 0.3) is 10.0 Å². The van der Waals surface area contributed by atoms with E-state index in [-0.39, 0.29) is 35.3 Å². The third kappa shape index (κ3) is 5.20. The van der Waals surface area contributed by atoms with Gasteiger partial charge in [0.05, 0.1) is 35.9 Å². The minimum atomic E-state index is -4.38. The maximum absolute atomic E-state index is 15.6. The molecule has 1 N–H and O–H groups in total. The Bertz CT molecular complexity index is 1400. The molecule has 0 unspecified atom stereocenters. The summed E-state index contributed by atoms with van der Waals surface area (Å²) in [5.74, 6) is -2.35. The SMILES string of the molecule is CC.COc1ncc(Cl)cc1S(=O)(=O)Nc1ccc(F)c([C@H]2Cn3cnc(C(C)=O)c3CN2C)c1F. The number of pyridine rings is 1. The lowest BCUT2D eigenvalue weighted by molar-refractivity contribution is 0.100. The summed E-state index contributed by atoms with van der Waals surface area (Å²) in [6.45, 7) is 5.73. The van der Waals surface area contributed by atoms with Crippen LogP contribution in [0, 0.1) is 11.6 Å². The molecule has 2 aromatic heterocycles. The number of carbonyl (C=O) groups excluding carboxylic acids is 1. The monoisotopic (exact) mass is 541 g/mol. The molecule has 0 saturated heterocycles. The Morgan fingerprint density at radius 3 is 2.58 bits per heavy atom. The van der Waals surface area contributed by atoms with E-state index in [1.165, 1.54) is 26.6 Å². The van der Waals surface area contributed by atoms with E-state index in [0.717, 1.165) is 18.2 Å². The lowest BCUT2D eigenvalue weighted by Crippen LogP contribution is -2.35. The largest absolute Gasteiger partial charge is 0.480 e. The highest BCUT2D eigenvalue weighted by Crippen LogP contribution is 2.36. The van der Waals surface area contributed by atoms with Crippen molar-refractivity contribution < 1.29 is 26.7 Å². The van der Waals surface area contributed by atoms with Crippen molar-refractivity contribution in [2.75, 3.05) is 18.9 Å². The van der Waals surface area contributed by atoms with Crippen LogP contribution < -0.4 is 9.46 Å². The molecule has 36 heavy (non-hydrogen) atoms. The lowest BCUT2D eigenvalue weighted by Gasteiger charge is -2.34. The number of Topliss-reactive ketones (excluding diaryl/α,β-unsaturated/α-hetero) is 1. The molecule has 0 aliphatic carbocycles. The van der Waals surface area contributed by atoms with Crippen molar-refractivity contribution >= 4 is 33.1 Å². The molecule has 0 spiro atoms. The van der Waals surface area contributed by atoms with Crippen LogP contribution in [0.3, 0.4) is 0 Å². The second-order valence-electron chi connectivity index (χ2n) is 7.77. The van der Waals surface area contributed by atoms with Gasteiger partial charge in [-0.2, -0.15) is 0 Å². The van der Waals surface area contributed by atoms with Gasteiger partial charge in [-0.3, -0.25) is 14.4 Å². The Balaban J connectivity index is 0.00000176. The van der Waals surface area contributed by atoms with Gasteiger partial charge >= 0.3 is 0 Å². The minimum Gasteiger partial charge on any atom is -0.480 e. The Morgan fingerprint density at radius 2 is 1.94 bits per heavy atom. The normalized spacial score (nSPS) is 15.5. The summed E-state index contributed by atoms with van der Waals surface area (Å²) in [6.07, 6.45) is 2.66. The molecule has 1 atom stereocenters. The van der Waals surface area contributed by atoms with E-state index >= 15 is 4.39 Å². The summed E-state index contributed by atoms with van der Waals surface area (Å²) in [4.78, 5) is 21.0. The van der Waals surface area contributed by atoms with E-state index in [1.54, 1.807) is 16.5 Å². The molecule has 0 saturated carbocycles. The predicted molar refractivity (Wildman–Crippen MR) is 131 cm³/mol. The molecule has 1 aliphatic rings. The van der Waals surface area contributed by atoms with Gasteiger partial charge in [-0.15, -0.1) is 0 Å². The summed E-state index contributed by atoms with van der Waals surface area (Å²) in [5, 5.41) is 0.0336. The molecule has 0 amide bonds. The van der Waals surface area contributed by atoms with Crippen LogP contribution in [0.25, 0.3) is 0 Å². The number of nitrogens with zero attached hydrogens (tertiary/aromatic N) is 4. The molecule has 0 bridgehead atoms. The smallest absolute Gasteiger partial charge is 0.267 e. The van der Waals surface area contributed by atoms with E-state index in [9.17, 15) is 17.6 Å². The van der Waals surface area contributed by atoms with Crippen molar-refractivity contribution in [1.29, 1.82) is 0 Å². The van der Waals surface area contributed by atoms with E-state index in [0.29, 0.717) is 11.4 Å². The quantitative estimate of drug-likeness (QED) is 0.460. The van der Waals surface area contributed by atoms with Gasteiger partial charge in [0, 0.05) is 31.8 Å². The van der Waals surface area contributed by atoms with E-state index < -0.39 is 38.3 Å². The number of imidazole rings is 1. The first kappa shape index (κ1) is 27.5. The van der Waals surface area contributed by atoms with Crippen LogP contribution in [-0.2, 0) is 23.1 Å². The molecule has 4 rings (SSSR count). The number of fused-ring (bicyclic) bond motifs is 1. The van der Waals surface area contributed by atoms with E-state index in [1.807, 2.05) is 13.8 Å². The van der Waals surface area contributed by atoms with Crippen molar-refractivity contribution in [3.8, 4) is 5.88 Å². The van der Waals surface area contributed by atoms with Crippen LogP contribution in [0.4, 0.5) is 14.5 Å². The highest BCUT2D eigenvalue weighted by Gasteiger charge is 2.33. The number of hydrogen-bond acceptors (Lipinski definition) is 7. The molecule has 9 nitrogen and oxygen atoms in total. The van der Waals surface area contributed by atoms with Crippen molar-refractivity contribution in [3.63, 3.8) is 0 Å². The molecule has 194 valence electrons. The fourth-order valence-electron chi connectivity index (χ4n) is 3.92. The van der Waals surface area contributed by atoms with Gasteiger partial charge in [0.15, 0.2) is 16.5 Å². The van der Waals surface area contributed by atoms with Gasteiger partial charge < -0.3 is 9.30 Å². The van der Waals surface area contributed by atoms with Crippen molar-refractivity contribution in [2.24, 2.45) is 0 Å². The van der Waals surface area contributed by atoms with Crippen LogP contribution in [0.15, 0.2) is 35.6 Å².